The van der Waals surface area contributed by atoms with Crippen molar-refractivity contribution in [2.75, 3.05) is 0 Å². The minimum Gasteiger partial charge on any atom is -0.153 e. The molecular formula is C35H69P. The van der Waals surface area contributed by atoms with Crippen LogP contribution in [0.5, 0.6) is 0 Å². The first kappa shape index (κ1) is 32.6. The van der Waals surface area contributed by atoms with E-state index in [-0.39, 0.29) is 9.90 Å². The Kier molecular flexibility index (Phi) is 15.0. The molecule has 0 heterocycles. The molecule has 0 aromatic carbocycles. The average Bonchev–Trinajstić information content (AvgIpc) is 3.40. The van der Waals surface area contributed by atoms with E-state index in [0.717, 1.165) is 65.1 Å². The van der Waals surface area contributed by atoms with E-state index >= 15 is 0 Å². The lowest BCUT2D eigenvalue weighted by Gasteiger charge is -2.47. The third kappa shape index (κ3) is 9.56. The SMILES string of the molecule is CCC(CCC(C)CC1C[C@@H](CC)C[C@@H](C2CCC(C3CCCC3)CC2)C1C)CCC(C)C(C)C.P. The van der Waals surface area contributed by atoms with Gasteiger partial charge in [-0.15, -0.1) is 0 Å². The highest BCUT2D eigenvalue weighted by Crippen LogP contribution is 2.50. The Morgan fingerprint density at radius 2 is 1.28 bits per heavy atom. The van der Waals surface area contributed by atoms with Gasteiger partial charge in [0.15, 0.2) is 0 Å². The molecule has 6 unspecified atom stereocenters. The van der Waals surface area contributed by atoms with Crippen molar-refractivity contribution in [3.63, 3.8) is 0 Å². The normalized spacial score (nSPS) is 34.3. The number of hydrogen-bond acceptors (Lipinski definition) is 0. The Bertz CT molecular complexity index is 555. The van der Waals surface area contributed by atoms with Gasteiger partial charge < -0.3 is 0 Å². The maximum absolute atomic E-state index is 2.69. The largest absolute Gasteiger partial charge is 0.153 e. The first-order valence-electron chi connectivity index (χ1n) is 16.8. The van der Waals surface area contributed by atoms with Gasteiger partial charge in [0.1, 0.15) is 0 Å². The van der Waals surface area contributed by atoms with E-state index in [9.17, 15) is 0 Å². The molecule has 1 heteroatoms. The lowest BCUT2D eigenvalue weighted by molar-refractivity contribution is 0.0337. The maximum atomic E-state index is 2.69. The molecule has 8 atom stereocenters. The van der Waals surface area contributed by atoms with Crippen molar-refractivity contribution in [2.24, 2.45) is 65.1 Å². The minimum absolute atomic E-state index is 0. The van der Waals surface area contributed by atoms with Crippen LogP contribution >= 0.6 is 9.90 Å². The van der Waals surface area contributed by atoms with Crippen molar-refractivity contribution in [3.05, 3.63) is 0 Å². The van der Waals surface area contributed by atoms with Crippen molar-refractivity contribution < 1.29 is 0 Å². The fourth-order valence-corrected chi connectivity index (χ4v) is 8.97. The first-order valence-corrected chi connectivity index (χ1v) is 16.8. The summed E-state index contributed by atoms with van der Waals surface area (Å²) in [6.45, 7) is 17.5. The molecule has 0 N–H and O–H groups in total. The Balaban J connectivity index is 0.00000456. The van der Waals surface area contributed by atoms with Gasteiger partial charge in [0.25, 0.3) is 0 Å². The highest BCUT2D eigenvalue weighted by molar-refractivity contribution is 6.92. The maximum Gasteiger partial charge on any atom is -0.0355 e. The van der Waals surface area contributed by atoms with Crippen molar-refractivity contribution in [3.8, 4) is 0 Å². The van der Waals surface area contributed by atoms with Crippen molar-refractivity contribution in [1.82, 2.24) is 0 Å². The fourth-order valence-electron chi connectivity index (χ4n) is 8.97. The van der Waals surface area contributed by atoms with E-state index < -0.39 is 0 Å². The molecular weight excluding hydrogens is 451 g/mol. The number of rotatable bonds is 13. The monoisotopic (exact) mass is 521 g/mol. The summed E-state index contributed by atoms with van der Waals surface area (Å²) in [6, 6.07) is 0. The molecule has 0 spiro atoms. The van der Waals surface area contributed by atoms with Gasteiger partial charge in [-0.1, -0.05) is 113 Å². The fraction of sp³-hybridized carbons (Fsp3) is 1.00. The van der Waals surface area contributed by atoms with Crippen LogP contribution in [-0.4, -0.2) is 0 Å². The molecule has 0 aliphatic heterocycles. The van der Waals surface area contributed by atoms with Crippen LogP contribution in [0.1, 0.15) is 158 Å². The molecule has 3 aliphatic carbocycles. The van der Waals surface area contributed by atoms with E-state index in [2.05, 4.69) is 48.5 Å². The molecule has 0 radical (unpaired) electrons. The zero-order chi connectivity index (χ0) is 25.4. The minimum atomic E-state index is 0. The predicted molar refractivity (Wildman–Crippen MR) is 168 cm³/mol. The average molecular weight is 521 g/mol. The molecule has 3 rings (SSSR count). The molecule has 3 saturated carbocycles. The van der Waals surface area contributed by atoms with Crippen LogP contribution in [0.3, 0.4) is 0 Å². The van der Waals surface area contributed by atoms with Crippen LogP contribution in [0.25, 0.3) is 0 Å². The van der Waals surface area contributed by atoms with E-state index in [0.29, 0.717) is 0 Å². The smallest absolute Gasteiger partial charge is 0.0355 e. The molecule has 36 heavy (non-hydrogen) atoms. The van der Waals surface area contributed by atoms with Crippen LogP contribution in [0, 0.1) is 65.1 Å². The molecule has 3 fully saturated rings. The second-order valence-corrected chi connectivity index (χ2v) is 14.7. The zero-order valence-electron chi connectivity index (χ0n) is 26.1. The standard InChI is InChI=1S/C35H66.H3P/c1-8-29(17-15-27(6)25(3)4)16-14-26(5)22-34-23-30(9-2)24-35(28(34)7)33-20-18-32(19-21-33)31-12-10-11-13-31;/h25-35H,8-24H2,1-7H3;1H3/t26?,27?,28?,29?,30-,32?,33?,34?,35-;/m1./s1. The molecule has 0 bridgehead atoms. The lowest BCUT2D eigenvalue weighted by Crippen LogP contribution is -2.37. The second kappa shape index (κ2) is 16.5. The zero-order valence-corrected chi connectivity index (χ0v) is 27.5. The second-order valence-electron chi connectivity index (χ2n) is 14.7. The molecule has 0 aromatic rings. The van der Waals surface area contributed by atoms with Gasteiger partial charge in [-0.2, -0.15) is 9.90 Å². The van der Waals surface area contributed by atoms with Crippen molar-refractivity contribution in [1.29, 1.82) is 0 Å². The third-order valence-electron chi connectivity index (χ3n) is 12.2. The van der Waals surface area contributed by atoms with E-state index in [1.807, 2.05) is 0 Å². The van der Waals surface area contributed by atoms with Gasteiger partial charge in [0, 0.05) is 0 Å². The Morgan fingerprint density at radius 1 is 0.694 bits per heavy atom. The predicted octanol–water partition coefficient (Wildman–Crippen LogP) is 11.6. The Morgan fingerprint density at radius 3 is 1.86 bits per heavy atom. The summed E-state index contributed by atoms with van der Waals surface area (Å²) in [7, 11) is 0. The molecule has 0 amide bonds. The molecule has 3 aliphatic rings. The third-order valence-corrected chi connectivity index (χ3v) is 12.2. The molecule has 0 saturated heterocycles. The van der Waals surface area contributed by atoms with E-state index in [1.165, 1.54) is 57.8 Å². The molecule has 0 nitrogen and oxygen atoms in total. The molecule has 214 valence electrons. The number of hydrogen-bond donors (Lipinski definition) is 0. The van der Waals surface area contributed by atoms with E-state index in [4.69, 9.17) is 0 Å². The summed E-state index contributed by atoms with van der Waals surface area (Å²) in [5.41, 5.74) is 0. The van der Waals surface area contributed by atoms with Crippen LogP contribution < -0.4 is 0 Å². The van der Waals surface area contributed by atoms with Gasteiger partial charge in [-0.05, 0) is 110 Å². The quantitative estimate of drug-likeness (QED) is 0.212. The molecule has 0 aromatic heterocycles. The topological polar surface area (TPSA) is 0 Å². The van der Waals surface area contributed by atoms with Crippen LogP contribution in [0.4, 0.5) is 0 Å². The van der Waals surface area contributed by atoms with Gasteiger partial charge in [0.05, 0.1) is 0 Å². The summed E-state index contributed by atoms with van der Waals surface area (Å²) < 4.78 is 0. The summed E-state index contributed by atoms with van der Waals surface area (Å²) in [5, 5.41) is 0. The summed E-state index contributed by atoms with van der Waals surface area (Å²) in [6.07, 6.45) is 25.8. The highest BCUT2D eigenvalue weighted by atomic mass is 31.0. The summed E-state index contributed by atoms with van der Waals surface area (Å²) >= 11 is 0. The van der Waals surface area contributed by atoms with Crippen LogP contribution in [-0.2, 0) is 0 Å². The lowest BCUT2D eigenvalue weighted by atomic mass is 9.59. The highest BCUT2D eigenvalue weighted by Gasteiger charge is 2.40. The van der Waals surface area contributed by atoms with Gasteiger partial charge in [0.2, 0.25) is 0 Å². The Labute approximate surface area is 232 Å². The van der Waals surface area contributed by atoms with Gasteiger partial charge in [-0.3, -0.25) is 0 Å². The summed E-state index contributed by atoms with van der Waals surface area (Å²) in [4.78, 5) is 0. The van der Waals surface area contributed by atoms with Crippen LogP contribution in [0.2, 0.25) is 0 Å². The van der Waals surface area contributed by atoms with Gasteiger partial charge >= 0.3 is 0 Å². The first-order chi connectivity index (χ1) is 16.8. The van der Waals surface area contributed by atoms with Crippen LogP contribution in [0.15, 0.2) is 0 Å². The van der Waals surface area contributed by atoms with E-state index in [1.54, 1.807) is 51.4 Å². The van der Waals surface area contributed by atoms with Gasteiger partial charge in [-0.25, -0.2) is 0 Å². The van der Waals surface area contributed by atoms with Crippen molar-refractivity contribution in [2.45, 2.75) is 158 Å². The van der Waals surface area contributed by atoms with Crippen molar-refractivity contribution >= 4 is 9.90 Å². The Hall–Kier alpha value is 0.430. The summed E-state index contributed by atoms with van der Waals surface area (Å²) in [5.74, 6) is 10.9.